The van der Waals surface area contributed by atoms with Crippen molar-refractivity contribution in [2.75, 3.05) is 19.6 Å². The fourth-order valence-corrected chi connectivity index (χ4v) is 2.61. The van der Waals surface area contributed by atoms with Gasteiger partial charge in [-0.1, -0.05) is 44.2 Å². The molecule has 4 nitrogen and oxygen atoms in total. The molecule has 1 aromatic rings. The molecule has 1 aliphatic rings. The third-order valence-corrected chi connectivity index (χ3v) is 3.80. The number of ether oxygens (including phenoxy) is 1. The predicted octanol–water partition coefficient (Wildman–Crippen LogP) is 3.03. The molecule has 0 aliphatic carbocycles. The average Bonchev–Trinajstić information content (AvgIpc) is 2.52. The number of carbonyl (C=O) groups excluding carboxylic acids is 1. The predicted molar refractivity (Wildman–Crippen MR) is 84.1 cm³/mol. The van der Waals surface area contributed by atoms with Crippen molar-refractivity contribution in [3.05, 3.63) is 35.9 Å². The smallest absolute Gasteiger partial charge is 0.410 e. The van der Waals surface area contributed by atoms with Crippen LogP contribution in [0.1, 0.15) is 32.3 Å². The second kappa shape index (κ2) is 8.03. The molecule has 1 saturated heterocycles. The molecule has 116 valence electrons. The zero-order valence-electron chi connectivity index (χ0n) is 13.0. The lowest BCUT2D eigenvalue weighted by Crippen LogP contribution is -2.43. The number of nitrogens with one attached hydrogen (secondary N) is 1. The molecule has 4 heteroatoms. The topological polar surface area (TPSA) is 41.6 Å². The highest BCUT2D eigenvalue weighted by Gasteiger charge is 2.24. The van der Waals surface area contributed by atoms with Crippen LogP contribution in [0.2, 0.25) is 0 Å². The van der Waals surface area contributed by atoms with Gasteiger partial charge in [-0.25, -0.2) is 4.79 Å². The van der Waals surface area contributed by atoms with E-state index in [0.717, 1.165) is 31.6 Å². The van der Waals surface area contributed by atoms with Crippen LogP contribution in [0.3, 0.4) is 0 Å². The molecule has 1 heterocycles. The second-order valence-corrected chi connectivity index (χ2v) is 6.06. The van der Waals surface area contributed by atoms with Crippen LogP contribution in [0.5, 0.6) is 0 Å². The first-order valence-corrected chi connectivity index (χ1v) is 7.84. The first kappa shape index (κ1) is 15.8. The third kappa shape index (κ3) is 5.38. The Morgan fingerprint density at radius 2 is 2.14 bits per heavy atom. The summed E-state index contributed by atoms with van der Waals surface area (Å²) in [6, 6.07) is 10.3. The second-order valence-electron chi connectivity index (χ2n) is 6.06. The van der Waals surface area contributed by atoms with Gasteiger partial charge in [0.05, 0.1) is 0 Å². The van der Waals surface area contributed by atoms with Gasteiger partial charge in [-0.15, -0.1) is 0 Å². The standard InChI is InChI=1S/C17H26N2O2/c1-14(2)18-11-16-9-6-10-19(12-16)17(20)21-13-15-7-4-3-5-8-15/h3-5,7-8,14,16,18H,6,9-13H2,1-2H3/t16-/m1/s1. The van der Waals surface area contributed by atoms with E-state index in [2.05, 4.69) is 19.2 Å². The summed E-state index contributed by atoms with van der Waals surface area (Å²) in [5.41, 5.74) is 1.03. The van der Waals surface area contributed by atoms with Crippen LogP contribution < -0.4 is 5.32 Å². The number of hydrogen-bond donors (Lipinski definition) is 1. The summed E-state index contributed by atoms with van der Waals surface area (Å²) in [6.45, 7) is 7.23. The number of hydrogen-bond acceptors (Lipinski definition) is 3. The van der Waals surface area contributed by atoms with Crippen molar-refractivity contribution in [1.29, 1.82) is 0 Å². The highest BCUT2D eigenvalue weighted by atomic mass is 16.6. The van der Waals surface area contributed by atoms with Gasteiger partial charge in [0.25, 0.3) is 0 Å². The van der Waals surface area contributed by atoms with Crippen LogP contribution >= 0.6 is 0 Å². The van der Waals surface area contributed by atoms with Crippen LogP contribution in [0.15, 0.2) is 30.3 Å². The molecular formula is C17H26N2O2. The van der Waals surface area contributed by atoms with Crippen molar-refractivity contribution < 1.29 is 9.53 Å². The number of likely N-dealkylation sites (tertiary alicyclic amines) is 1. The zero-order chi connectivity index (χ0) is 15.1. The van der Waals surface area contributed by atoms with Crippen LogP contribution in [0, 0.1) is 5.92 Å². The lowest BCUT2D eigenvalue weighted by atomic mass is 9.98. The van der Waals surface area contributed by atoms with Crippen molar-refractivity contribution in [3.8, 4) is 0 Å². The van der Waals surface area contributed by atoms with Gasteiger partial charge in [0.1, 0.15) is 6.61 Å². The van der Waals surface area contributed by atoms with Crippen LogP contribution in [0.25, 0.3) is 0 Å². The normalized spacial score (nSPS) is 18.8. The fourth-order valence-electron chi connectivity index (χ4n) is 2.61. The Morgan fingerprint density at radius 3 is 2.86 bits per heavy atom. The number of benzene rings is 1. The van der Waals surface area contributed by atoms with E-state index in [1.165, 1.54) is 6.42 Å². The van der Waals surface area contributed by atoms with Gasteiger partial charge in [-0.3, -0.25) is 0 Å². The number of amides is 1. The molecular weight excluding hydrogens is 264 g/mol. The van der Waals surface area contributed by atoms with E-state index in [0.29, 0.717) is 18.6 Å². The van der Waals surface area contributed by atoms with Gasteiger partial charge in [0.15, 0.2) is 0 Å². The SMILES string of the molecule is CC(C)NC[C@H]1CCCN(C(=O)OCc2ccccc2)C1. The molecule has 1 aliphatic heterocycles. The first-order chi connectivity index (χ1) is 10.1. The number of rotatable bonds is 5. The Bertz CT molecular complexity index is 434. The molecule has 1 fully saturated rings. The number of carbonyl (C=O) groups is 1. The van der Waals surface area contributed by atoms with Gasteiger partial charge in [-0.05, 0) is 30.9 Å². The lowest BCUT2D eigenvalue weighted by Gasteiger charge is -2.32. The quantitative estimate of drug-likeness (QED) is 0.906. The Balaban J connectivity index is 1.76. The van der Waals surface area contributed by atoms with E-state index in [1.54, 1.807) is 0 Å². The largest absolute Gasteiger partial charge is 0.445 e. The minimum absolute atomic E-state index is 0.187. The molecule has 1 amide bonds. The zero-order valence-corrected chi connectivity index (χ0v) is 13.0. The van der Waals surface area contributed by atoms with Gasteiger partial charge < -0.3 is 15.0 Å². The molecule has 1 atom stereocenters. The van der Waals surface area contributed by atoms with Crippen LogP contribution in [-0.2, 0) is 11.3 Å². The molecule has 1 N–H and O–H groups in total. The third-order valence-electron chi connectivity index (χ3n) is 3.80. The molecule has 0 bridgehead atoms. The Hall–Kier alpha value is -1.55. The number of piperidine rings is 1. The fraction of sp³-hybridized carbons (Fsp3) is 0.588. The van der Waals surface area contributed by atoms with Gasteiger partial charge >= 0.3 is 6.09 Å². The summed E-state index contributed by atoms with van der Waals surface area (Å²) in [4.78, 5) is 14.0. The van der Waals surface area contributed by atoms with E-state index in [4.69, 9.17) is 4.74 Å². The number of nitrogens with zero attached hydrogens (tertiary/aromatic N) is 1. The average molecular weight is 290 g/mol. The molecule has 21 heavy (non-hydrogen) atoms. The minimum atomic E-state index is -0.187. The van der Waals surface area contributed by atoms with E-state index in [-0.39, 0.29) is 6.09 Å². The maximum absolute atomic E-state index is 12.1. The van der Waals surface area contributed by atoms with E-state index < -0.39 is 0 Å². The van der Waals surface area contributed by atoms with Gasteiger partial charge in [0, 0.05) is 19.1 Å². The Kier molecular flexibility index (Phi) is 6.05. The van der Waals surface area contributed by atoms with Gasteiger partial charge in [-0.2, -0.15) is 0 Å². The lowest BCUT2D eigenvalue weighted by molar-refractivity contribution is 0.0788. The van der Waals surface area contributed by atoms with Crippen LogP contribution in [-0.4, -0.2) is 36.7 Å². The first-order valence-electron chi connectivity index (χ1n) is 7.84. The molecule has 2 rings (SSSR count). The highest BCUT2D eigenvalue weighted by molar-refractivity contribution is 5.67. The van der Waals surface area contributed by atoms with E-state index in [1.807, 2.05) is 35.2 Å². The summed E-state index contributed by atoms with van der Waals surface area (Å²) in [7, 11) is 0. The summed E-state index contributed by atoms with van der Waals surface area (Å²) >= 11 is 0. The highest BCUT2D eigenvalue weighted by Crippen LogP contribution is 2.17. The Morgan fingerprint density at radius 1 is 1.38 bits per heavy atom. The van der Waals surface area contributed by atoms with E-state index in [9.17, 15) is 4.79 Å². The maximum atomic E-state index is 12.1. The van der Waals surface area contributed by atoms with Crippen molar-refractivity contribution in [3.63, 3.8) is 0 Å². The monoisotopic (exact) mass is 290 g/mol. The molecule has 0 spiro atoms. The maximum Gasteiger partial charge on any atom is 0.410 e. The van der Waals surface area contributed by atoms with Gasteiger partial charge in [0.2, 0.25) is 0 Å². The summed E-state index contributed by atoms with van der Waals surface area (Å²) in [5, 5.41) is 3.45. The summed E-state index contributed by atoms with van der Waals surface area (Å²) in [6.07, 6.45) is 2.06. The minimum Gasteiger partial charge on any atom is -0.445 e. The van der Waals surface area contributed by atoms with Crippen LogP contribution in [0.4, 0.5) is 4.79 Å². The van der Waals surface area contributed by atoms with Crippen molar-refractivity contribution >= 4 is 6.09 Å². The molecule has 0 saturated carbocycles. The molecule has 0 aromatic heterocycles. The van der Waals surface area contributed by atoms with Crippen molar-refractivity contribution in [2.45, 2.75) is 39.3 Å². The van der Waals surface area contributed by atoms with Crippen molar-refractivity contribution in [1.82, 2.24) is 10.2 Å². The summed E-state index contributed by atoms with van der Waals surface area (Å²) in [5.74, 6) is 0.533. The summed E-state index contributed by atoms with van der Waals surface area (Å²) < 4.78 is 5.41. The molecule has 0 radical (unpaired) electrons. The molecule has 1 aromatic carbocycles. The molecule has 0 unspecified atom stereocenters. The van der Waals surface area contributed by atoms with E-state index >= 15 is 0 Å². The van der Waals surface area contributed by atoms with Crippen molar-refractivity contribution in [2.24, 2.45) is 5.92 Å². The Labute approximate surface area is 127 Å².